The van der Waals surface area contributed by atoms with Gasteiger partial charge in [0.05, 0.1) is 22.8 Å². The number of hydrogen-bond acceptors (Lipinski definition) is 4. The summed E-state index contributed by atoms with van der Waals surface area (Å²) >= 11 is 12.2. The highest BCUT2D eigenvalue weighted by molar-refractivity contribution is 7.89. The molecule has 0 unspecified atom stereocenters. The van der Waals surface area contributed by atoms with Crippen LogP contribution in [0.2, 0.25) is 10.0 Å². The number of aromatic nitrogens is 2. The fourth-order valence-electron chi connectivity index (χ4n) is 4.04. The number of rotatable bonds is 6. The van der Waals surface area contributed by atoms with Crippen molar-refractivity contribution >= 4 is 33.2 Å². The third-order valence-corrected chi connectivity index (χ3v) is 8.33. The first-order chi connectivity index (χ1) is 15.4. The van der Waals surface area contributed by atoms with Crippen LogP contribution in [0.1, 0.15) is 37.8 Å². The molecule has 0 aliphatic carbocycles. The minimum Gasteiger partial charge on any atom is -0.252 e. The van der Waals surface area contributed by atoms with E-state index in [0.717, 1.165) is 41.1 Å². The zero-order chi connectivity index (χ0) is 22.7. The Morgan fingerprint density at radius 1 is 0.906 bits per heavy atom. The number of halogens is 2. The summed E-state index contributed by atoms with van der Waals surface area (Å²) in [6.45, 7) is 2.92. The Bertz CT molecular complexity index is 1170. The van der Waals surface area contributed by atoms with E-state index < -0.39 is 10.0 Å². The first-order valence-electron chi connectivity index (χ1n) is 10.7. The number of benzene rings is 2. The zero-order valence-electron chi connectivity index (χ0n) is 17.8. The molecule has 1 saturated heterocycles. The van der Waals surface area contributed by atoms with E-state index in [4.69, 9.17) is 33.2 Å². The maximum absolute atomic E-state index is 12.4. The molecule has 0 spiro atoms. The lowest BCUT2D eigenvalue weighted by molar-refractivity contribution is 0.316. The molecule has 0 amide bonds. The van der Waals surface area contributed by atoms with E-state index in [1.807, 2.05) is 61.7 Å². The van der Waals surface area contributed by atoms with Gasteiger partial charge < -0.3 is 0 Å². The van der Waals surface area contributed by atoms with Crippen molar-refractivity contribution in [2.75, 3.05) is 18.8 Å². The number of sulfonamides is 1. The fraction of sp³-hybridized carbons (Fsp3) is 0.333. The summed E-state index contributed by atoms with van der Waals surface area (Å²) in [7, 11) is -3.17. The van der Waals surface area contributed by atoms with Crippen molar-refractivity contribution in [3.8, 4) is 22.5 Å². The summed E-state index contributed by atoms with van der Waals surface area (Å²) in [6.07, 6.45) is 3.92. The van der Waals surface area contributed by atoms with Crippen LogP contribution in [0.4, 0.5) is 0 Å². The molecule has 2 heterocycles. The van der Waals surface area contributed by atoms with Crippen LogP contribution in [0.3, 0.4) is 0 Å². The van der Waals surface area contributed by atoms with Crippen molar-refractivity contribution in [3.63, 3.8) is 0 Å². The molecule has 8 heteroatoms. The second-order valence-corrected chi connectivity index (χ2v) is 11.0. The van der Waals surface area contributed by atoms with Crippen molar-refractivity contribution in [3.05, 3.63) is 70.5 Å². The number of nitrogens with zero attached hydrogens (tertiary/aromatic N) is 3. The van der Waals surface area contributed by atoms with Crippen molar-refractivity contribution < 1.29 is 8.42 Å². The predicted molar refractivity (Wildman–Crippen MR) is 131 cm³/mol. The molecule has 1 aliphatic heterocycles. The third kappa shape index (κ3) is 5.15. The second kappa shape index (κ2) is 9.87. The van der Waals surface area contributed by atoms with E-state index in [1.165, 1.54) is 0 Å². The summed E-state index contributed by atoms with van der Waals surface area (Å²) in [6, 6.07) is 15.1. The summed E-state index contributed by atoms with van der Waals surface area (Å²) < 4.78 is 26.4. The second-order valence-electron chi connectivity index (χ2n) is 8.00. The van der Waals surface area contributed by atoms with Gasteiger partial charge in [0.15, 0.2) is 0 Å². The van der Waals surface area contributed by atoms with E-state index in [2.05, 4.69) is 0 Å². The zero-order valence-corrected chi connectivity index (χ0v) is 20.2. The van der Waals surface area contributed by atoms with Gasteiger partial charge in [0.1, 0.15) is 0 Å². The highest BCUT2D eigenvalue weighted by Crippen LogP contribution is 2.34. The smallest absolute Gasteiger partial charge is 0.214 e. The monoisotopic (exact) mass is 489 g/mol. The molecule has 4 rings (SSSR count). The van der Waals surface area contributed by atoms with Crippen LogP contribution in [0.15, 0.2) is 54.7 Å². The normalized spacial score (nSPS) is 15.7. The van der Waals surface area contributed by atoms with Crippen LogP contribution in [0.5, 0.6) is 0 Å². The first kappa shape index (κ1) is 23.2. The number of piperidine rings is 1. The quantitative estimate of drug-likeness (QED) is 0.423. The van der Waals surface area contributed by atoms with Gasteiger partial charge in [-0.25, -0.2) is 17.7 Å². The molecule has 2 aromatic carbocycles. The van der Waals surface area contributed by atoms with E-state index in [-0.39, 0.29) is 11.7 Å². The van der Waals surface area contributed by atoms with Gasteiger partial charge in [-0.3, -0.25) is 4.98 Å². The molecule has 5 nitrogen and oxygen atoms in total. The standard InChI is InChI=1S/C24H25Cl2N3O2S/c1-2-15-32(30,31)29-13-11-17(12-14-29)22-16-27-23(18-3-7-20(25)8-4-18)24(28-22)19-5-9-21(26)10-6-19/h3-10,16-17H,2,11-15H2,1H3. The third-order valence-electron chi connectivity index (χ3n) is 5.75. The van der Waals surface area contributed by atoms with Gasteiger partial charge in [-0.05, 0) is 43.5 Å². The Labute approximate surface area is 199 Å². The topological polar surface area (TPSA) is 63.2 Å². The van der Waals surface area contributed by atoms with Crippen molar-refractivity contribution in [1.29, 1.82) is 0 Å². The summed E-state index contributed by atoms with van der Waals surface area (Å²) in [5, 5.41) is 1.32. The Hall–Kier alpha value is -1.99. The van der Waals surface area contributed by atoms with Gasteiger partial charge in [0, 0.05) is 46.4 Å². The molecule has 0 radical (unpaired) electrons. The summed E-state index contributed by atoms with van der Waals surface area (Å²) in [4.78, 5) is 9.79. The Morgan fingerprint density at radius 2 is 1.44 bits per heavy atom. The van der Waals surface area contributed by atoms with Crippen molar-refractivity contribution in [1.82, 2.24) is 14.3 Å². The van der Waals surface area contributed by atoms with Crippen LogP contribution in [-0.2, 0) is 10.0 Å². The molecular formula is C24H25Cl2N3O2S. The predicted octanol–water partition coefficient (Wildman–Crippen LogP) is 6.04. The van der Waals surface area contributed by atoms with Gasteiger partial charge in [-0.15, -0.1) is 0 Å². The molecule has 0 atom stereocenters. The van der Waals surface area contributed by atoms with Gasteiger partial charge in [0.25, 0.3) is 0 Å². The lowest BCUT2D eigenvalue weighted by Gasteiger charge is -2.31. The van der Waals surface area contributed by atoms with Crippen LogP contribution in [0.25, 0.3) is 22.5 Å². The van der Waals surface area contributed by atoms with Crippen LogP contribution >= 0.6 is 23.2 Å². The molecule has 0 bridgehead atoms. The van der Waals surface area contributed by atoms with Crippen molar-refractivity contribution in [2.24, 2.45) is 0 Å². The number of hydrogen-bond donors (Lipinski definition) is 0. The summed E-state index contributed by atoms with van der Waals surface area (Å²) in [5.74, 6) is 0.370. The van der Waals surface area contributed by atoms with Crippen LogP contribution in [0, 0.1) is 0 Å². The Kier molecular flexibility index (Phi) is 7.15. The molecule has 3 aromatic rings. The van der Waals surface area contributed by atoms with Gasteiger partial charge in [0.2, 0.25) is 10.0 Å². The Morgan fingerprint density at radius 3 is 1.97 bits per heavy atom. The molecule has 0 N–H and O–H groups in total. The van der Waals surface area contributed by atoms with Crippen molar-refractivity contribution in [2.45, 2.75) is 32.1 Å². The van der Waals surface area contributed by atoms with E-state index in [9.17, 15) is 8.42 Å². The molecule has 1 aliphatic rings. The lowest BCUT2D eigenvalue weighted by atomic mass is 9.94. The fourth-order valence-corrected chi connectivity index (χ4v) is 5.84. The maximum Gasteiger partial charge on any atom is 0.214 e. The van der Waals surface area contributed by atoms with Crippen LogP contribution in [-0.4, -0.2) is 41.5 Å². The highest BCUT2D eigenvalue weighted by Gasteiger charge is 2.29. The lowest BCUT2D eigenvalue weighted by Crippen LogP contribution is -2.39. The van der Waals surface area contributed by atoms with Gasteiger partial charge in [-0.1, -0.05) is 54.4 Å². The molecule has 168 valence electrons. The Balaban J connectivity index is 1.65. The molecule has 1 fully saturated rings. The maximum atomic E-state index is 12.4. The van der Waals surface area contributed by atoms with E-state index in [1.54, 1.807) is 4.31 Å². The minimum atomic E-state index is -3.17. The average molecular weight is 490 g/mol. The summed E-state index contributed by atoms with van der Waals surface area (Å²) in [5.41, 5.74) is 4.30. The SMILES string of the molecule is CCCS(=O)(=O)N1CCC(c2cnc(-c3ccc(Cl)cc3)c(-c3ccc(Cl)cc3)n2)CC1. The minimum absolute atomic E-state index is 0.167. The molecular weight excluding hydrogens is 465 g/mol. The van der Waals surface area contributed by atoms with Gasteiger partial charge >= 0.3 is 0 Å². The largest absolute Gasteiger partial charge is 0.252 e. The van der Waals surface area contributed by atoms with E-state index in [0.29, 0.717) is 29.6 Å². The molecule has 1 aromatic heterocycles. The molecule has 32 heavy (non-hydrogen) atoms. The highest BCUT2D eigenvalue weighted by atomic mass is 35.5. The van der Waals surface area contributed by atoms with E-state index >= 15 is 0 Å². The first-order valence-corrected chi connectivity index (χ1v) is 13.1. The van der Waals surface area contributed by atoms with Crippen LogP contribution < -0.4 is 0 Å². The van der Waals surface area contributed by atoms with Gasteiger partial charge in [-0.2, -0.15) is 0 Å². The molecule has 0 saturated carbocycles. The average Bonchev–Trinajstić information content (AvgIpc) is 2.80.